The highest BCUT2D eigenvalue weighted by Gasteiger charge is 1.72. The third kappa shape index (κ3) is 22.7. The highest BCUT2D eigenvalue weighted by atomic mass is 16.3. The van der Waals surface area contributed by atoms with Crippen molar-refractivity contribution in [2.24, 2.45) is 0 Å². The van der Waals surface area contributed by atoms with E-state index in [1.807, 2.05) is 0 Å². The minimum absolute atomic E-state index is 0.250. The number of carbonyl (C=O) groups is 2. The van der Waals surface area contributed by atoms with Crippen LogP contribution in [0.4, 0.5) is 0 Å². The molecule has 0 amide bonds. The molecular formula is C12H16O4. The Morgan fingerprint density at radius 3 is 0.938 bits per heavy atom. The molecule has 0 radical (unpaired) electrons. The fraction of sp³-hybridized carbons (Fsp3) is 0.167. The van der Waals surface area contributed by atoms with Crippen molar-refractivity contribution in [3.05, 3.63) is 48.6 Å². The normalized spacial score (nSPS) is 12.5. The first-order valence-electron chi connectivity index (χ1n) is 4.62. The van der Waals surface area contributed by atoms with Crippen LogP contribution in [-0.4, -0.2) is 23.2 Å². The Bertz CT molecular complexity index is 214. The van der Waals surface area contributed by atoms with E-state index in [0.29, 0.717) is 0 Å². The summed E-state index contributed by atoms with van der Waals surface area (Å²) >= 11 is 0. The molecule has 0 aromatic heterocycles. The highest BCUT2D eigenvalue weighted by molar-refractivity contribution is 5.33. The van der Waals surface area contributed by atoms with E-state index in [1.54, 1.807) is 0 Å². The Hall–Kier alpha value is -2.10. The van der Waals surface area contributed by atoms with Crippen LogP contribution < -0.4 is 0 Å². The van der Waals surface area contributed by atoms with Gasteiger partial charge in [0.25, 0.3) is 12.9 Å². The molecule has 4 heteroatoms. The summed E-state index contributed by atoms with van der Waals surface area (Å²) in [7, 11) is 0. The maximum absolute atomic E-state index is 8.36. The molecular weight excluding hydrogens is 208 g/mol. The van der Waals surface area contributed by atoms with Gasteiger partial charge in [-0.1, -0.05) is 48.6 Å². The van der Waals surface area contributed by atoms with Crippen LogP contribution >= 0.6 is 0 Å². The molecule has 0 bridgehead atoms. The van der Waals surface area contributed by atoms with Gasteiger partial charge in [0.2, 0.25) is 0 Å². The van der Waals surface area contributed by atoms with E-state index in [1.165, 1.54) is 0 Å². The van der Waals surface area contributed by atoms with Gasteiger partial charge in [-0.05, 0) is 12.8 Å². The molecule has 0 aliphatic heterocycles. The zero-order valence-electron chi connectivity index (χ0n) is 8.90. The summed E-state index contributed by atoms with van der Waals surface area (Å²) in [6.45, 7) is -0.500. The molecule has 16 heavy (non-hydrogen) atoms. The van der Waals surface area contributed by atoms with E-state index in [-0.39, 0.29) is 12.9 Å². The molecule has 88 valence electrons. The van der Waals surface area contributed by atoms with Gasteiger partial charge in [0.05, 0.1) is 0 Å². The SMILES string of the molecule is C1=CCC=C1.C1=CCC=C1.O=CO.O=CO. The lowest BCUT2D eigenvalue weighted by atomic mass is 10.5. The van der Waals surface area contributed by atoms with Crippen molar-refractivity contribution >= 4 is 12.9 Å². The standard InChI is InChI=1S/2C5H6.2CH2O2/c2*1-2-4-5-3-1;2*2-1-3/h2*1-4H,5H2;2*1H,(H,2,3). The first-order chi connectivity index (χ1) is 7.83. The minimum atomic E-state index is -0.250. The fourth-order valence-corrected chi connectivity index (χ4v) is 0.786. The molecule has 0 saturated carbocycles. The van der Waals surface area contributed by atoms with Gasteiger partial charge >= 0.3 is 0 Å². The summed E-state index contributed by atoms with van der Waals surface area (Å²) in [5.74, 6) is 0. The van der Waals surface area contributed by atoms with Crippen LogP contribution in [0, 0.1) is 0 Å². The maximum Gasteiger partial charge on any atom is 0.290 e. The average Bonchev–Trinajstić information content (AvgIpc) is 3.00. The van der Waals surface area contributed by atoms with Crippen LogP contribution in [0.15, 0.2) is 48.6 Å². The Morgan fingerprint density at radius 2 is 0.875 bits per heavy atom. The van der Waals surface area contributed by atoms with Crippen molar-refractivity contribution < 1.29 is 19.8 Å². The van der Waals surface area contributed by atoms with Gasteiger partial charge in [-0.25, -0.2) is 0 Å². The third-order valence-electron chi connectivity index (χ3n) is 1.31. The van der Waals surface area contributed by atoms with Crippen LogP contribution in [0.3, 0.4) is 0 Å². The minimum Gasteiger partial charge on any atom is -0.483 e. The van der Waals surface area contributed by atoms with Gasteiger partial charge in [-0.2, -0.15) is 0 Å². The van der Waals surface area contributed by atoms with Crippen LogP contribution in [0.2, 0.25) is 0 Å². The second-order valence-corrected chi connectivity index (χ2v) is 2.39. The molecule has 0 saturated heterocycles. The van der Waals surface area contributed by atoms with Gasteiger partial charge in [0, 0.05) is 0 Å². The molecule has 4 nitrogen and oxygen atoms in total. The van der Waals surface area contributed by atoms with E-state index in [9.17, 15) is 0 Å². The smallest absolute Gasteiger partial charge is 0.290 e. The van der Waals surface area contributed by atoms with Crippen molar-refractivity contribution in [1.29, 1.82) is 0 Å². The van der Waals surface area contributed by atoms with Gasteiger partial charge in [-0.15, -0.1) is 0 Å². The van der Waals surface area contributed by atoms with Crippen LogP contribution in [0.25, 0.3) is 0 Å². The zero-order valence-corrected chi connectivity index (χ0v) is 8.90. The zero-order chi connectivity index (χ0) is 12.5. The summed E-state index contributed by atoms with van der Waals surface area (Å²) in [6, 6.07) is 0. The lowest BCUT2D eigenvalue weighted by molar-refractivity contribution is -0.123. The number of rotatable bonds is 0. The quantitative estimate of drug-likeness (QED) is 0.619. The second-order valence-electron chi connectivity index (χ2n) is 2.39. The number of carboxylic acid groups (broad SMARTS) is 2. The largest absolute Gasteiger partial charge is 0.483 e. The molecule has 2 aliphatic carbocycles. The number of allylic oxidation sites excluding steroid dienone is 8. The van der Waals surface area contributed by atoms with E-state index < -0.39 is 0 Å². The topological polar surface area (TPSA) is 74.6 Å². The summed E-state index contributed by atoms with van der Waals surface area (Å²) in [5, 5.41) is 13.8. The monoisotopic (exact) mass is 224 g/mol. The van der Waals surface area contributed by atoms with Crippen molar-refractivity contribution in [2.75, 3.05) is 0 Å². The van der Waals surface area contributed by atoms with Crippen molar-refractivity contribution in [1.82, 2.24) is 0 Å². The number of hydrogen-bond donors (Lipinski definition) is 2. The lowest BCUT2D eigenvalue weighted by Crippen LogP contribution is -1.49. The second kappa shape index (κ2) is 18.6. The molecule has 2 rings (SSSR count). The van der Waals surface area contributed by atoms with Gasteiger partial charge < -0.3 is 10.2 Å². The molecule has 0 heterocycles. The molecule has 2 N–H and O–H groups in total. The van der Waals surface area contributed by atoms with Crippen molar-refractivity contribution in [3.8, 4) is 0 Å². The van der Waals surface area contributed by atoms with Gasteiger partial charge in [0.1, 0.15) is 0 Å². The van der Waals surface area contributed by atoms with Gasteiger partial charge in [-0.3, -0.25) is 9.59 Å². The molecule has 0 unspecified atom stereocenters. The van der Waals surface area contributed by atoms with E-state index in [2.05, 4.69) is 48.6 Å². The Morgan fingerprint density at radius 1 is 0.688 bits per heavy atom. The van der Waals surface area contributed by atoms with Crippen molar-refractivity contribution in [2.45, 2.75) is 12.8 Å². The molecule has 0 aromatic rings. The summed E-state index contributed by atoms with van der Waals surface area (Å²) < 4.78 is 0. The lowest BCUT2D eigenvalue weighted by Gasteiger charge is -1.57. The average molecular weight is 224 g/mol. The van der Waals surface area contributed by atoms with E-state index in [0.717, 1.165) is 12.8 Å². The summed E-state index contributed by atoms with van der Waals surface area (Å²) in [5.41, 5.74) is 0. The maximum atomic E-state index is 8.36. The third-order valence-corrected chi connectivity index (χ3v) is 1.31. The molecule has 0 fully saturated rings. The Labute approximate surface area is 94.9 Å². The van der Waals surface area contributed by atoms with E-state index in [4.69, 9.17) is 19.8 Å². The first kappa shape index (κ1) is 16.3. The molecule has 2 aliphatic rings. The van der Waals surface area contributed by atoms with Gasteiger partial charge in [0.15, 0.2) is 0 Å². The molecule has 0 atom stereocenters. The fourth-order valence-electron chi connectivity index (χ4n) is 0.786. The molecule has 0 spiro atoms. The highest BCUT2D eigenvalue weighted by Crippen LogP contribution is 1.93. The summed E-state index contributed by atoms with van der Waals surface area (Å²) in [6.07, 6.45) is 19.0. The van der Waals surface area contributed by atoms with Crippen LogP contribution in [-0.2, 0) is 9.59 Å². The van der Waals surface area contributed by atoms with Crippen LogP contribution in [0.1, 0.15) is 12.8 Å². The van der Waals surface area contributed by atoms with Crippen molar-refractivity contribution in [3.63, 3.8) is 0 Å². The Balaban J connectivity index is 0. The molecule has 0 aromatic carbocycles. The predicted molar refractivity (Wildman–Crippen MR) is 63.2 cm³/mol. The number of hydrogen-bond acceptors (Lipinski definition) is 2. The Kier molecular flexibility index (Phi) is 19.0. The first-order valence-corrected chi connectivity index (χ1v) is 4.62. The summed E-state index contributed by atoms with van der Waals surface area (Å²) in [4.78, 5) is 16.7. The van der Waals surface area contributed by atoms with E-state index >= 15 is 0 Å². The van der Waals surface area contributed by atoms with Crippen LogP contribution in [0.5, 0.6) is 0 Å². The predicted octanol–water partition coefficient (Wildman–Crippen LogP) is 2.41.